The maximum atomic E-state index is 11.3. The Morgan fingerprint density at radius 3 is 2.92 bits per heavy atom. The number of benzene rings is 1. The number of rotatable bonds is 0. The first-order valence-electron chi connectivity index (χ1n) is 3.58. The molecule has 0 bridgehead atoms. The van der Waals surface area contributed by atoms with Crippen LogP contribution in [0.25, 0.3) is 11.0 Å². The molecule has 0 fully saturated rings. The van der Waals surface area contributed by atoms with Gasteiger partial charge in [-0.3, -0.25) is 4.79 Å². The number of hydrogen-bond acceptors (Lipinski definition) is 3. The highest BCUT2D eigenvalue weighted by molar-refractivity contribution is 9.10. The standard InChI is InChI=1S/C9H5BrO3/c10-6-4-9-5(3-8(6)12)7(11)1-2-13-9/h1-4,12H. The molecule has 0 aliphatic heterocycles. The van der Waals surface area contributed by atoms with E-state index < -0.39 is 0 Å². The number of phenols is 1. The Kier molecular flexibility index (Phi) is 1.84. The minimum absolute atomic E-state index is 0.0333. The Morgan fingerprint density at radius 2 is 2.15 bits per heavy atom. The third-order valence-electron chi connectivity index (χ3n) is 1.73. The molecule has 0 amide bonds. The molecule has 3 nitrogen and oxygen atoms in total. The van der Waals surface area contributed by atoms with Crippen molar-refractivity contribution < 1.29 is 9.52 Å². The molecule has 1 aromatic heterocycles. The highest BCUT2D eigenvalue weighted by Gasteiger charge is 2.04. The van der Waals surface area contributed by atoms with Gasteiger partial charge >= 0.3 is 0 Å². The Morgan fingerprint density at radius 1 is 1.38 bits per heavy atom. The van der Waals surface area contributed by atoms with Crippen molar-refractivity contribution in [1.82, 2.24) is 0 Å². The van der Waals surface area contributed by atoms with Crippen LogP contribution in [0.15, 0.2) is 38.1 Å². The monoisotopic (exact) mass is 240 g/mol. The SMILES string of the molecule is O=c1ccoc2cc(Br)c(O)cc12. The number of halogens is 1. The first-order valence-corrected chi connectivity index (χ1v) is 4.38. The van der Waals surface area contributed by atoms with E-state index in [0.717, 1.165) is 0 Å². The van der Waals surface area contributed by atoms with E-state index in [2.05, 4.69) is 15.9 Å². The number of fused-ring (bicyclic) bond motifs is 1. The third-order valence-corrected chi connectivity index (χ3v) is 2.36. The fourth-order valence-electron chi connectivity index (χ4n) is 1.09. The summed E-state index contributed by atoms with van der Waals surface area (Å²) < 4.78 is 5.60. The maximum absolute atomic E-state index is 11.3. The molecule has 0 radical (unpaired) electrons. The zero-order valence-electron chi connectivity index (χ0n) is 6.45. The van der Waals surface area contributed by atoms with E-state index in [-0.39, 0.29) is 11.2 Å². The van der Waals surface area contributed by atoms with Crippen LogP contribution < -0.4 is 5.43 Å². The first-order chi connectivity index (χ1) is 6.18. The van der Waals surface area contributed by atoms with Gasteiger partial charge in [0.1, 0.15) is 11.3 Å². The van der Waals surface area contributed by atoms with Crippen molar-refractivity contribution in [3.05, 3.63) is 39.2 Å². The summed E-state index contributed by atoms with van der Waals surface area (Å²) in [5.41, 5.74) is 0.293. The summed E-state index contributed by atoms with van der Waals surface area (Å²) >= 11 is 3.13. The highest BCUT2D eigenvalue weighted by Crippen LogP contribution is 2.27. The quantitative estimate of drug-likeness (QED) is 0.769. The van der Waals surface area contributed by atoms with Crippen LogP contribution in [0, 0.1) is 0 Å². The second kappa shape index (κ2) is 2.88. The fraction of sp³-hybridized carbons (Fsp3) is 0. The van der Waals surface area contributed by atoms with Crippen LogP contribution in [0.1, 0.15) is 0 Å². The predicted molar refractivity (Wildman–Crippen MR) is 51.8 cm³/mol. The molecule has 2 aromatic rings. The minimum atomic E-state index is -0.163. The number of aromatic hydroxyl groups is 1. The summed E-state index contributed by atoms with van der Waals surface area (Å²) in [7, 11) is 0. The summed E-state index contributed by atoms with van der Waals surface area (Å²) in [4.78, 5) is 11.3. The normalized spacial score (nSPS) is 10.5. The second-order valence-corrected chi connectivity index (χ2v) is 3.44. The lowest BCUT2D eigenvalue weighted by Crippen LogP contribution is -1.97. The van der Waals surface area contributed by atoms with E-state index in [9.17, 15) is 9.90 Å². The molecule has 0 aliphatic rings. The maximum Gasteiger partial charge on any atom is 0.192 e. The van der Waals surface area contributed by atoms with Crippen LogP contribution in [-0.4, -0.2) is 5.11 Å². The van der Waals surface area contributed by atoms with Crippen molar-refractivity contribution in [2.45, 2.75) is 0 Å². The largest absolute Gasteiger partial charge is 0.507 e. The van der Waals surface area contributed by atoms with Crippen LogP contribution >= 0.6 is 15.9 Å². The van der Waals surface area contributed by atoms with Crippen LogP contribution in [0.5, 0.6) is 5.75 Å². The molecule has 2 rings (SSSR count). The van der Waals surface area contributed by atoms with Crippen molar-refractivity contribution in [1.29, 1.82) is 0 Å². The lowest BCUT2D eigenvalue weighted by Gasteiger charge is -1.98. The van der Waals surface area contributed by atoms with Gasteiger partial charge in [0.15, 0.2) is 5.43 Å². The molecule has 1 N–H and O–H groups in total. The van der Waals surface area contributed by atoms with Gasteiger partial charge in [-0.2, -0.15) is 0 Å². The average molecular weight is 241 g/mol. The Bertz CT molecular complexity index is 516. The summed E-state index contributed by atoms with van der Waals surface area (Å²) in [6, 6.07) is 4.26. The molecular formula is C9H5BrO3. The van der Waals surface area contributed by atoms with Crippen LogP contribution in [0.2, 0.25) is 0 Å². The zero-order valence-corrected chi connectivity index (χ0v) is 8.04. The molecule has 66 valence electrons. The van der Waals surface area contributed by atoms with Gasteiger partial charge in [-0.05, 0) is 28.1 Å². The predicted octanol–water partition coefficient (Wildman–Crippen LogP) is 2.26. The smallest absolute Gasteiger partial charge is 0.192 e. The summed E-state index contributed by atoms with van der Waals surface area (Å²) in [5.74, 6) is 0.0333. The van der Waals surface area contributed by atoms with E-state index in [1.54, 1.807) is 6.07 Å². The molecule has 13 heavy (non-hydrogen) atoms. The van der Waals surface area contributed by atoms with Crippen molar-refractivity contribution in [3.63, 3.8) is 0 Å². The Balaban J connectivity index is 2.97. The molecule has 0 atom stereocenters. The van der Waals surface area contributed by atoms with Crippen LogP contribution in [-0.2, 0) is 0 Å². The van der Waals surface area contributed by atoms with Crippen molar-refractivity contribution in [2.75, 3.05) is 0 Å². The molecule has 0 saturated heterocycles. The number of phenolic OH excluding ortho intramolecular Hbond substituents is 1. The summed E-state index contributed by atoms with van der Waals surface area (Å²) in [5, 5.41) is 9.69. The van der Waals surface area contributed by atoms with E-state index in [1.165, 1.54) is 18.4 Å². The van der Waals surface area contributed by atoms with Gasteiger partial charge in [0.2, 0.25) is 0 Å². The van der Waals surface area contributed by atoms with Crippen molar-refractivity contribution in [3.8, 4) is 5.75 Å². The van der Waals surface area contributed by atoms with Gasteiger partial charge in [0.05, 0.1) is 16.1 Å². The van der Waals surface area contributed by atoms with E-state index in [1.807, 2.05) is 0 Å². The minimum Gasteiger partial charge on any atom is -0.507 e. The summed E-state index contributed by atoms with van der Waals surface area (Å²) in [6.45, 7) is 0. The van der Waals surface area contributed by atoms with Gasteiger partial charge < -0.3 is 9.52 Å². The van der Waals surface area contributed by atoms with Gasteiger partial charge in [0, 0.05) is 6.07 Å². The van der Waals surface area contributed by atoms with Gasteiger partial charge in [-0.1, -0.05) is 0 Å². The van der Waals surface area contributed by atoms with E-state index >= 15 is 0 Å². The molecular weight excluding hydrogens is 236 g/mol. The Hall–Kier alpha value is -1.29. The molecule has 0 saturated carbocycles. The molecule has 4 heteroatoms. The average Bonchev–Trinajstić information content (AvgIpc) is 2.09. The zero-order chi connectivity index (χ0) is 9.42. The van der Waals surface area contributed by atoms with Crippen molar-refractivity contribution in [2.24, 2.45) is 0 Å². The molecule has 0 aliphatic carbocycles. The number of hydrogen-bond donors (Lipinski definition) is 1. The third kappa shape index (κ3) is 1.33. The molecule has 1 aromatic carbocycles. The molecule has 1 heterocycles. The van der Waals surface area contributed by atoms with E-state index in [0.29, 0.717) is 15.4 Å². The fourth-order valence-corrected chi connectivity index (χ4v) is 1.41. The van der Waals surface area contributed by atoms with Crippen LogP contribution in [0.4, 0.5) is 0 Å². The van der Waals surface area contributed by atoms with Crippen molar-refractivity contribution >= 4 is 26.9 Å². The highest BCUT2D eigenvalue weighted by atomic mass is 79.9. The first kappa shape index (κ1) is 8.31. The second-order valence-electron chi connectivity index (χ2n) is 2.58. The molecule has 0 spiro atoms. The lowest BCUT2D eigenvalue weighted by atomic mass is 10.2. The molecule has 0 unspecified atom stereocenters. The topological polar surface area (TPSA) is 50.4 Å². The van der Waals surface area contributed by atoms with Gasteiger partial charge in [0.25, 0.3) is 0 Å². The van der Waals surface area contributed by atoms with E-state index in [4.69, 9.17) is 4.42 Å². The lowest BCUT2D eigenvalue weighted by molar-refractivity contribution is 0.472. The van der Waals surface area contributed by atoms with Crippen LogP contribution in [0.3, 0.4) is 0 Å². The van der Waals surface area contributed by atoms with Gasteiger partial charge in [-0.25, -0.2) is 0 Å². The Labute approximate surface area is 81.7 Å². The van der Waals surface area contributed by atoms with Gasteiger partial charge in [-0.15, -0.1) is 0 Å². The summed E-state index contributed by atoms with van der Waals surface area (Å²) in [6.07, 6.45) is 1.33.